The van der Waals surface area contributed by atoms with E-state index in [-0.39, 0.29) is 5.78 Å². The van der Waals surface area contributed by atoms with E-state index in [1.165, 1.54) is 0 Å². The lowest BCUT2D eigenvalue weighted by Gasteiger charge is -2.11. The predicted molar refractivity (Wildman–Crippen MR) is 78.6 cm³/mol. The van der Waals surface area contributed by atoms with Crippen LogP contribution in [0.3, 0.4) is 0 Å². The maximum atomic E-state index is 12.5. The lowest BCUT2D eigenvalue weighted by Crippen LogP contribution is -2.06. The Morgan fingerprint density at radius 3 is 2.60 bits per heavy atom. The van der Waals surface area contributed by atoms with Gasteiger partial charge in [0.15, 0.2) is 5.78 Å². The number of carbonyl (C=O) groups is 1. The van der Waals surface area contributed by atoms with Gasteiger partial charge in [0.2, 0.25) is 0 Å². The van der Waals surface area contributed by atoms with Gasteiger partial charge in [-0.2, -0.15) is 0 Å². The van der Waals surface area contributed by atoms with Gasteiger partial charge in [-0.05, 0) is 12.1 Å². The molecule has 2 rings (SSSR count). The zero-order chi connectivity index (χ0) is 14.4. The number of hydrogen-bond acceptors (Lipinski definition) is 3. The Labute approximate surface area is 118 Å². The van der Waals surface area contributed by atoms with Crippen LogP contribution >= 0.6 is 0 Å². The van der Waals surface area contributed by atoms with Crippen LogP contribution in [0.15, 0.2) is 61.2 Å². The van der Waals surface area contributed by atoms with Crippen LogP contribution in [-0.4, -0.2) is 19.5 Å². The van der Waals surface area contributed by atoms with E-state index in [1.807, 2.05) is 18.2 Å². The molecule has 0 heterocycles. The summed E-state index contributed by atoms with van der Waals surface area (Å²) in [6.45, 7) is 3.95. The summed E-state index contributed by atoms with van der Waals surface area (Å²) in [5.41, 5.74) is 1.14. The van der Waals surface area contributed by atoms with E-state index < -0.39 is 0 Å². The molecule has 0 saturated heterocycles. The third-order valence-corrected chi connectivity index (χ3v) is 2.83. The molecule has 0 aliphatic rings. The second-order valence-electron chi connectivity index (χ2n) is 4.16. The normalized spacial score (nSPS) is 9.85. The predicted octanol–water partition coefficient (Wildman–Crippen LogP) is 3.49. The van der Waals surface area contributed by atoms with E-state index in [9.17, 15) is 4.79 Å². The van der Waals surface area contributed by atoms with Crippen molar-refractivity contribution in [3.63, 3.8) is 0 Å². The average Bonchev–Trinajstić information content (AvgIpc) is 2.52. The molecule has 0 spiro atoms. The summed E-state index contributed by atoms with van der Waals surface area (Å²) < 4.78 is 10.7. The van der Waals surface area contributed by atoms with Crippen molar-refractivity contribution in [1.29, 1.82) is 0 Å². The first-order valence-corrected chi connectivity index (χ1v) is 6.27. The molecular formula is C17H16O3. The van der Waals surface area contributed by atoms with Gasteiger partial charge < -0.3 is 9.47 Å². The van der Waals surface area contributed by atoms with E-state index in [1.54, 1.807) is 43.5 Å². The fraction of sp³-hybridized carbons (Fsp3) is 0.118. The first kappa shape index (κ1) is 13.9. The number of hydrogen-bond donors (Lipinski definition) is 0. The van der Waals surface area contributed by atoms with E-state index in [2.05, 4.69) is 6.58 Å². The molecule has 0 N–H and O–H groups in total. The third-order valence-electron chi connectivity index (χ3n) is 2.83. The molecule has 0 radical (unpaired) electrons. The maximum absolute atomic E-state index is 12.5. The summed E-state index contributed by atoms with van der Waals surface area (Å²) >= 11 is 0. The van der Waals surface area contributed by atoms with Gasteiger partial charge in [-0.3, -0.25) is 4.79 Å². The summed E-state index contributed by atoms with van der Waals surface area (Å²) in [6.07, 6.45) is 1.64. The lowest BCUT2D eigenvalue weighted by atomic mass is 10.0. The Morgan fingerprint density at radius 2 is 1.95 bits per heavy atom. The van der Waals surface area contributed by atoms with E-state index in [0.29, 0.717) is 29.2 Å². The Hall–Kier alpha value is -2.55. The minimum Gasteiger partial charge on any atom is -0.497 e. The molecule has 0 amide bonds. The van der Waals surface area contributed by atoms with Crippen molar-refractivity contribution < 1.29 is 14.3 Å². The Balaban J connectivity index is 2.39. The van der Waals surface area contributed by atoms with Crippen molar-refractivity contribution in [3.8, 4) is 11.5 Å². The van der Waals surface area contributed by atoms with Crippen LogP contribution in [0.1, 0.15) is 15.9 Å². The highest BCUT2D eigenvalue weighted by Crippen LogP contribution is 2.27. The first-order chi connectivity index (χ1) is 9.76. The van der Waals surface area contributed by atoms with Gasteiger partial charge in [-0.1, -0.05) is 43.0 Å². The molecule has 0 saturated carbocycles. The van der Waals surface area contributed by atoms with Crippen molar-refractivity contribution in [2.24, 2.45) is 0 Å². The number of rotatable bonds is 6. The van der Waals surface area contributed by atoms with Crippen LogP contribution in [0.4, 0.5) is 0 Å². The molecule has 0 aromatic heterocycles. The Bertz CT molecular complexity index is 603. The summed E-state index contributed by atoms with van der Waals surface area (Å²) in [6, 6.07) is 14.3. The molecular weight excluding hydrogens is 252 g/mol. The molecule has 0 aliphatic heterocycles. The monoisotopic (exact) mass is 268 g/mol. The second-order valence-corrected chi connectivity index (χ2v) is 4.16. The van der Waals surface area contributed by atoms with E-state index >= 15 is 0 Å². The van der Waals surface area contributed by atoms with Gasteiger partial charge in [-0.15, -0.1) is 0 Å². The Morgan fingerprint density at radius 1 is 1.20 bits per heavy atom. The van der Waals surface area contributed by atoms with Crippen molar-refractivity contribution in [2.75, 3.05) is 13.7 Å². The van der Waals surface area contributed by atoms with Crippen LogP contribution in [0, 0.1) is 0 Å². The first-order valence-electron chi connectivity index (χ1n) is 6.27. The van der Waals surface area contributed by atoms with Crippen molar-refractivity contribution in [2.45, 2.75) is 0 Å². The number of ether oxygens (including phenoxy) is 2. The van der Waals surface area contributed by atoms with Crippen LogP contribution in [-0.2, 0) is 0 Å². The molecule has 20 heavy (non-hydrogen) atoms. The smallest absolute Gasteiger partial charge is 0.196 e. The highest BCUT2D eigenvalue weighted by Gasteiger charge is 2.15. The standard InChI is InChI=1S/C17H16O3/c1-3-11-20-16-12-14(19-2)9-10-15(16)17(18)13-7-5-4-6-8-13/h3-10,12H,1,11H2,2H3. The van der Waals surface area contributed by atoms with Gasteiger partial charge in [0.1, 0.15) is 18.1 Å². The molecule has 2 aromatic rings. The van der Waals surface area contributed by atoms with Gasteiger partial charge >= 0.3 is 0 Å². The highest BCUT2D eigenvalue weighted by molar-refractivity contribution is 6.10. The Kier molecular flexibility index (Phi) is 4.56. The molecule has 2 aromatic carbocycles. The van der Waals surface area contributed by atoms with Crippen LogP contribution in [0.25, 0.3) is 0 Å². The number of ketones is 1. The summed E-state index contributed by atoms with van der Waals surface area (Å²) in [4.78, 5) is 12.5. The molecule has 102 valence electrons. The van der Waals surface area contributed by atoms with Crippen LogP contribution in [0.2, 0.25) is 0 Å². The summed E-state index contributed by atoms with van der Waals surface area (Å²) in [5.74, 6) is 1.07. The zero-order valence-corrected chi connectivity index (χ0v) is 11.3. The minimum atomic E-state index is -0.0766. The van der Waals surface area contributed by atoms with Gasteiger partial charge in [0.05, 0.1) is 12.7 Å². The topological polar surface area (TPSA) is 35.5 Å². The zero-order valence-electron chi connectivity index (χ0n) is 11.3. The number of methoxy groups -OCH3 is 1. The average molecular weight is 268 g/mol. The molecule has 0 unspecified atom stereocenters. The molecule has 3 nitrogen and oxygen atoms in total. The molecule has 0 fully saturated rings. The van der Waals surface area contributed by atoms with E-state index in [0.717, 1.165) is 0 Å². The van der Waals surface area contributed by atoms with Gasteiger partial charge in [0, 0.05) is 11.6 Å². The largest absolute Gasteiger partial charge is 0.497 e. The molecule has 0 bridgehead atoms. The SMILES string of the molecule is C=CCOc1cc(OC)ccc1C(=O)c1ccccc1. The summed E-state index contributed by atoms with van der Waals surface area (Å²) in [7, 11) is 1.57. The van der Waals surface area contributed by atoms with Crippen molar-refractivity contribution in [3.05, 3.63) is 72.3 Å². The summed E-state index contributed by atoms with van der Waals surface area (Å²) in [5, 5.41) is 0. The quantitative estimate of drug-likeness (QED) is 0.594. The van der Waals surface area contributed by atoms with Crippen LogP contribution < -0.4 is 9.47 Å². The molecule has 0 atom stereocenters. The van der Waals surface area contributed by atoms with Gasteiger partial charge in [0.25, 0.3) is 0 Å². The fourth-order valence-corrected chi connectivity index (χ4v) is 1.83. The van der Waals surface area contributed by atoms with E-state index in [4.69, 9.17) is 9.47 Å². The number of benzene rings is 2. The molecule has 0 aliphatic carbocycles. The third kappa shape index (κ3) is 3.06. The molecule has 3 heteroatoms. The lowest BCUT2D eigenvalue weighted by molar-refractivity contribution is 0.103. The van der Waals surface area contributed by atoms with Crippen molar-refractivity contribution >= 4 is 5.78 Å². The minimum absolute atomic E-state index is 0.0766. The fourth-order valence-electron chi connectivity index (χ4n) is 1.83. The second kappa shape index (κ2) is 6.57. The maximum Gasteiger partial charge on any atom is 0.196 e. The highest BCUT2D eigenvalue weighted by atomic mass is 16.5. The van der Waals surface area contributed by atoms with Crippen molar-refractivity contribution in [1.82, 2.24) is 0 Å². The van der Waals surface area contributed by atoms with Crippen LogP contribution in [0.5, 0.6) is 11.5 Å². The van der Waals surface area contributed by atoms with Gasteiger partial charge in [-0.25, -0.2) is 0 Å². The number of carbonyl (C=O) groups excluding carboxylic acids is 1.